The SMILES string of the molecule is CCCNCCc1nnc(C(C)(C)OC)o1. The molecule has 0 radical (unpaired) electrons. The molecule has 0 unspecified atom stereocenters. The molecule has 0 atom stereocenters. The molecule has 1 heterocycles. The van der Waals surface area contributed by atoms with Crippen molar-refractivity contribution in [1.82, 2.24) is 15.5 Å². The highest BCUT2D eigenvalue weighted by atomic mass is 16.5. The van der Waals surface area contributed by atoms with E-state index in [4.69, 9.17) is 9.15 Å². The summed E-state index contributed by atoms with van der Waals surface area (Å²) in [4.78, 5) is 0. The van der Waals surface area contributed by atoms with Gasteiger partial charge in [-0.15, -0.1) is 10.2 Å². The summed E-state index contributed by atoms with van der Waals surface area (Å²) in [6.45, 7) is 7.83. The maximum Gasteiger partial charge on any atom is 0.247 e. The first-order valence-corrected chi connectivity index (χ1v) is 5.69. The molecule has 0 amide bonds. The van der Waals surface area contributed by atoms with Crippen LogP contribution in [-0.4, -0.2) is 30.4 Å². The lowest BCUT2D eigenvalue weighted by Crippen LogP contribution is -2.20. The average Bonchev–Trinajstić information content (AvgIpc) is 2.74. The molecule has 0 saturated heterocycles. The van der Waals surface area contributed by atoms with Crippen LogP contribution in [0.5, 0.6) is 0 Å². The third-order valence-corrected chi connectivity index (χ3v) is 2.43. The summed E-state index contributed by atoms with van der Waals surface area (Å²) in [5.41, 5.74) is -0.512. The van der Waals surface area contributed by atoms with Crippen molar-refractivity contribution in [2.75, 3.05) is 20.2 Å². The third kappa shape index (κ3) is 3.57. The maximum atomic E-state index is 5.53. The Morgan fingerprint density at radius 2 is 2.06 bits per heavy atom. The summed E-state index contributed by atoms with van der Waals surface area (Å²) < 4.78 is 10.8. The van der Waals surface area contributed by atoms with Crippen LogP contribution in [0.3, 0.4) is 0 Å². The van der Waals surface area contributed by atoms with Gasteiger partial charge < -0.3 is 14.5 Å². The molecule has 5 heteroatoms. The van der Waals surface area contributed by atoms with E-state index >= 15 is 0 Å². The summed E-state index contributed by atoms with van der Waals surface area (Å²) in [5.74, 6) is 1.18. The van der Waals surface area contributed by atoms with E-state index < -0.39 is 5.60 Å². The molecule has 0 bridgehead atoms. The Morgan fingerprint density at radius 1 is 1.31 bits per heavy atom. The van der Waals surface area contributed by atoms with Crippen LogP contribution in [0, 0.1) is 0 Å². The van der Waals surface area contributed by atoms with Crippen LogP contribution in [0.1, 0.15) is 39.0 Å². The largest absolute Gasteiger partial charge is 0.422 e. The first kappa shape index (κ1) is 13.1. The second kappa shape index (κ2) is 5.96. The molecule has 16 heavy (non-hydrogen) atoms. The van der Waals surface area contributed by atoms with E-state index in [2.05, 4.69) is 22.4 Å². The van der Waals surface area contributed by atoms with Crippen molar-refractivity contribution < 1.29 is 9.15 Å². The molecule has 0 spiro atoms. The van der Waals surface area contributed by atoms with Gasteiger partial charge in [0.15, 0.2) is 0 Å². The van der Waals surface area contributed by atoms with Gasteiger partial charge in [-0.3, -0.25) is 0 Å². The predicted octanol–water partition coefficient (Wildman–Crippen LogP) is 1.49. The molecule has 92 valence electrons. The lowest BCUT2D eigenvalue weighted by Gasteiger charge is -2.17. The molecule has 5 nitrogen and oxygen atoms in total. The van der Waals surface area contributed by atoms with Crippen molar-refractivity contribution in [2.24, 2.45) is 0 Å². The van der Waals surface area contributed by atoms with E-state index in [1.807, 2.05) is 13.8 Å². The fourth-order valence-corrected chi connectivity index (χ4v) is 1.18. The molecular weight excluding hydrogens is 206 g/mol. The van der Waals surface area contributed by atoms with Gasteiger partial charge in [-0.1, -0.05) is 6.92 Å². The number of rotatable bonds is 7. The summed E-state index contributed by atoms with van der Waals surface area (Å²) >= 11 is 0. The second-order valence-corrected chi connectivity index (χ2v) is 4.22. The van der Waals surface area contributed by atoms with Crippen LogP contribution < -0.4 is 5.32 Å². The number of aromatic nitrogens is 2. The van der Waals surface area contributed by atoms with Crippen molar-refractivity contribution in [3.8, 4) is 0 Å². The summed E-state index contributed by atoms with van der Waals surface area (Å²) in [6.07, 6.45) is 1.89. The topological polar surface area (TPSA) is 60.2 Å². The lowest BCUT2D eigenvalue weighted by atomic mass is 10.1. The van der Waals surface area contributed by atoms with E-state index in [-0.39, 0.29) is 0 Å². The van der Waals surface area contributed by atoms with Crippen molar-refractivity contribution in [1.29, 1.82) is 0 Å². The zero-order valence-electron chi connectivity index (χ0n) is 10.5. The predicted molar refractivity (Wildman–Crippen MR) is 61.2 cm³/mol. The van der Waals surface area contributed by atoms with Gasteiger partial charge in [0, 0.05) is 20.1 Å². The highest BCUT2D eigenvalue weighted by molar-refractivity contribution is 4.93. The first-order chi connectivity index (χ1) is 7.60. The molecule has 0 aliphatic carbocycles. The number of hydrogen-bond acceptors (Lipinski definition) is 5. The second-order valence-electron chi connectivity index (χ2n) is 4.22. The summed E-state index contributed by atoms with van der Waals surface area (Å²) in [5, 5.41) is 11.3. The molecule has 1 aromatic heterocycles. The highest BCUT2D eigenvalue weighted by Crippen LogP contribution is 2.21. The van der Waals surface area contributed by atoms with Gasteiger partial charge in [0.1, 0.15) is 5.60 Å². The molecule has 0 aliphatic rings. The smallest absolute Gasteiger partial charge is 0.247 e. The summed E-state index contributed by atoms with van der Waals surface area (Å²) in [6, 6.07) is 0. The number of nitrogens with zero attached hydrogens (tertiary/aromatic N) is 2. The van der Waals surface area contributed by atoms with Crippen molar-refractivity contribution in [3.05, 3.63) is 11.8 Å². The van der Waals surface area contributed by atoms with Crippen LogP contribution in [-0.2, 0) is 16.8 Å². The monoisotopic (exact) mass is 227 g/mol. The number of hydrogen-bond donors (Lipinski definition) is 1. The maximum absolute atomic E-state index is 5.53. The van der Waals surface area contributed by atoms with Gasteiger partial charge in [0.2, 0.25) is 11.8 Å². The van der Waals surface area contributed by atoms with Gasteiger partial charge in [0.25, 0.3) is 0 Å². The number of methoxy groups -OCH3 is 1. The van der Waals surface area contributed by atoms with E-state index in [9.17, 15) is 0 Å². The molecule has 0 aromatic carbocycles. The van der Waals surface area contributed by atoms with Crippen LogP contribution >= 0.6 is 0 Å². The van der Waals surface area contributed by atoms with Gasteiger partial charge in [-0.05, 0) is 26.8 Å². The first-order valence-electron chi connectivity index (χ1n) is 5.69. The molecular formula is C11H21N3O2. The highest BCUT2D eigenvalue weighted by Gasteiger charge is 2.26. The Morgan fingerprint density at radius 3 is 2.69 bits per heavy atom. The van der Waals surface area contributed by atoms with Gasteiger partial charge in [-0.25, -0.2) is 0 Å². The Bertz CT molecular complexity index is 310. The minimum Gasteiger partial charge on any atom is -0.422 e. The van der Waals surface area contributed by atoms with Crippen LogP contribution in [0.2, 0.25) is 0 Å². The minimum absolute atomic E-state index is 0.512. The Kier molecular flexibility index (Phi) is 4.89. The zero-order valence-corrected chi connectivity index (χ0v) is 10.5. The van der Waals surface area contributed by atoms with Crippen molar-refractivity contribution >= 4 is 0 Å². The molecule has 1 aromatic rings. The lowest BCUT2D eigenvalue weighted by molar-refractivity contribution is -0.00451. The van der Waals surface area contributed by atoms with Gasteiger partial charge in [0.05, 0.1) is 0 Å². The van der Waals surface area contributed by atoms with E-state index in [1.54, 1.807) is 7.11 Å². The van der Waals surface area contributed by atoms with Crippen molar-refractivity contribution in [3.63, 3.8) is 0 Å². The minimum atomic E-state index is -0.512. The van der Waals surface area contributed by atoms with E-state index in [0.29, 0.717) is 11.8 Å². The number of nitrogens with one attached hydrogen (secondary N) is 1. The zero-order chi connectivity index (χ0) is 12.0. The Labute approximate surface area is 96.6 Å². The third-order valence-electron chi connectivity index (χ3n) is 2.43. The van der Waals surface area contributed by atoms with E-state index in [1.165, 1.54) is 0 Å². The quantitative estimate of drug-likeness (QED) is 0.715. The van der Waals surface area contributed by atoms with E-state index in [0.717, 1.165) is 25.9 Å². The van der Waals surface area contributed by atoms with Gasteiger partial charge >= 0.3 is 0 Å². The molecule has 1 rings (SSSR count). The van der Waals surface area contributed by atoms with Crippen LogP contribution in [0.4, 0.5) is 0 Å². The standard InChI is InChI=1S/C11H21N3O2/c1-5-7-12-8-6-9-13-14-10(16-9)11(2,3)15-4/h12H,5-8H2,1-4H3. The van der Waals surface area contributed by atoms with Gasteiger partial charge in [-0.2, -0.15) is 0 Å². The Hall–Kier alpha value is -0.940. The van der Waals surface area contributed by atoms with Crippen LogP contribution in [0.15, 0.2) is 4.42 Å². The average molecular weight is 227 g/mol. The Balaban J connectivity index is 2.45. The molecule has 0 fully saturated rings. The summed E-state index contributed by atoms with van der Waals surface area (Å²) in [7, 11) is 1.63. The molecule has 0 aliphatic heterocycles. The fraction of sp³-hybridized carbons (Fsp3) is 0.818. The molecule has 1 N–H and O–H groups in total. The molecule has 0 saturated carbocycles. The normalized spacial score (nSPS) is 12.0. The number of ether oxygens (including phenoxy) is 1. The fourth-order valence-electron chi connectivity index (χ4n) is 1.18. The van der Waals surface area contributed by atoms with Crippen molar-refractivity contribution in [2.45, 2.75) is 39.2 Å². The van der Waals surface area contributed by atoms with Crippen LogP contribution in [0.25, 0.3) is 0 Å².